The van der Waals surface area contributed by atoms with Gasteiger partial charge < -0.3 is 20.7 Å². The number of carbonyl (C=O) groups is 2. The minimum atomic E-state index is -1.82. The van der Waals surface area contributed by atoms with Gasteiger partial charge in [-0.05, 0) is 44.4 Å². The van der Waals surface area contributed by atoms with Crippen molar-refractivity contribution in [1.82, 2.24) is 0 Å². The second-order valence-corrected chi connectivity index (χ2v) is 4.84. The van der Waals surface area contributed by atoms with Crippen molar-refractivity contribution in [2.45, 2.75) is 40.2 Å². The zero-order valence-electron chi connectivity index (χ0n) is 12.0. The Balaban J connectivity index is 0.000000286. The number of rotatable bonds is 0. The SMILES string of the molecule is Cc1c(C)c2c(c(C)c1N)CC(C)O2.O=C(O)C(=O)O. The smallest absolute Gasteiger partial charge is 0.414 e. The fourth-order valence-electron chi connectivity index (χ4n) is 2.15. The number of hydrogen-bond acceptors (Lipinski definition) is 4. The number of nitrogens with two attached hydrogens (primary N) is 1. The Hall–Kier alpha value is -2.24. The lowest BCUT2D eigenvalue weighted by atomic mass is 9.95. The predicted molar refractivity (Wildman–Crippen MR) is 74.1 cm³/mol. The van der Waals surface area contributed by atoms with Crippen molar-refractivity contribution in [3.8, 4) is 5.75 Å². The van der Waals surface area contributed by atoms with Crippen molar-refractivity contribution in [3.63, 3.8) is 0 Å². The quantitative estimate of drug-likeness (QED) is 0.493. The van der Waals surface area contributed by atoms with Gasteiger partial charge in [0.25, 0.3) is 0 Å². The number of benzene rings is 1. The van der Waals surface area contributed by atoms with Crippen LogP contribution in [-0.2, 0) is 16.0 Å². The summed E-state index contributed by atoms with van der Waals surface area (Å²) in [4.78, 5) is 18.2. The highest BCUT2D eigenvalue weighted by Gasteiger charge is 2.25. The summed E-state index contributed by atoms with van der Waals surface area (Å²) in [5.74, 6) is -2.58. The van der Waals surface area contributed by atoms with Gasteiger partial charge in [0.2, 0.25) is 0 Å². The normalized spacial score (nSPS) is 15.7. The number of hydrogen-bond donors (Lipinski definition) is 3. The summed E-state index contributed by atoms with van der Waals surface area (Å²) in [5.41, 5.74) is 11.8. The first kappa shape index (κ1) is 15.8. The van der Waals surface area contributed by atoms with Crippen LogP contribution in [0.2, 0.25) is 0 Å². The van der Waals surface area contributed by atoms with Crippen LogP contribution < -0.4 is 10.5 Å². The average molecular weight is 281 g/mol. The Morgan fingerprint density at radius 1 is 1.10 bits per heavy atom. The van der Waals surface area contributed by atoms with Gasteiger partial charge in [-0.1, -0.05) is 0 Å². The van der Waals surface area contributed by atoms with Crippen molar-refractivity contribution >= 4 is 17.6 Å². The van der Waals surface area contributed by atoms with E-state index in [0.29, 0.717) is 6.10 Å². The van der Waals surface area contributed by atoms with Crippen LogP contribution in [0, 0.1) is 20.8 Å². The zero-order chi connectivity index (χ0) is 15.6. The number of anilines is 1. The molecule has 4 N–H and O–H groups in total. The summed E-state index contributed by atoms with van der Waals surface area (Å²) in [7, 11) is 0. The van der Waals surface area contributed by atoms with Crippen molar-refractivity contribution in [1.29, 1.82) is 0 Å². The highest BCUT2D eigenvalue weighted by molar-refractivity contribution is 6.27. The lowest BCUT2D eigenvalue weighted by molar-refractivity contribution is -0.159. The molecule has 0 bridgehead atoms. The van der Waals surface area contributed by atoms with Crippen molar-refractivity contribution in [3.05, 3.63) is 22.3 Å². The van der Waals surface area contributed by atoms with Crippen LogP contribution in [0.15, 0.2) is 0 Å². The summed E-state index contributed by atoms with van der Waals surface area (Å²) in [5, 5.41) is 14.8. The molecule has 1 aliphatic heterocycles. The summed E-state index contributed by atoms with van der Waals surface area (Å²) >= 11 is 0. The molecule has 0 aromatic heterocycles. The maximum Gasteiger partial charge on any atom is 0.414 e. The molecule has 1 unspecified atom stereocenters. The van der Waals surface area contributed by atoms with Gasteiger partial charge >= 0.3 is 11.9 Å². The molecule has 1 aromatic carbocycles. The monoisotopic (exact) mass is 281 g/mol. The first-order valence-corrected chi connectivity index (χ1v) is 6.17. The molecule has 0 saturated heterocycles. The zero-order valence-corrected chi connectivity index (χ0v) is 12.0. The first-order chi connectivity index (χ1) is 9.16. The van der Waals surface area contributed by atoms with E-state index >= 15 is 0 Å². The Labute approximate surface area is 117 Å². The molecular formula is C14H19NO5. The molecule has 0 aliphatic carbocycles. The maximum atomic E-state index is 9.10. The van der Waals surface area contributed by atoms with Crippen LogP contribution in [0.5, 0.6) is 5.75 Å². The second-order valence-electron chi connectivity index (χ2n) is 4.84. The fraction of sp³-hybridized carbons (Fsp3) is 0.429. The fourth-order valence-corrected chi connectivity index (χ4v) is 2.15. The molecule has 1 aromatic rings. The van der Waals surface area contributed by atoms with E-state index in [4.69, 9.17) is 30.3 Å². The molecule has 0 amide bonds. The number of carboxylic acids is 2. The van der Waals surface area contributed by atoms with E-state index in [2.05, 4.69) is 27.7 Å². The minimum absolute atomic E-state index is 0.295. The average Bonchev–Trinajstić information content (AvgIpc) is 2.76. The highest BCUT2D eigenvalue weighted by Crippen LogP contribution is 2.39. The summed E-state index contributed by atoms with van der Waals surface area (Å²) in [6.45, 7) is 8.33. The predicted octanol–water partition coefficient (Wildman–Crippen LogP) is 1.67. The standard InChI is InChI=1S/C12H17NO.C2H2O4/c1-6-5-10-9(4)11(13)7(2)8(3)12(10)14-6;3-1(4)2(5)6/h6H,5,13H2,1-4H3;(H,3,4)(H,5,6). The molecule has 0 radical (unpaired) electrons. The molecule has 110 valence electrons. The van der Waals surface area contributed by atoms with E-state index in [1.807, 2.05) is 0 Å². The maximum absolute atomic E-state index is 9.10. The van der Waals surface area contributed by atoms with Gasteiger partial charge in [-0.2, -0.15) is 0 Å². The molecule has 0 spiro atoms. The largest absolute Gasteiger partial charge is 0.490 e. The van der Waals surface area contributed by atoms with E-state index in [0.717, 1.165) is 23.4 Å². The van der Waals surface area contributed by atoms with Gasteiger partial charge in [0.05, 0.1) is 0 Å². The van der Waals surface area contributed by atoms with E-state index in [1.54, 1.807) is 0 Å². The Bertz CT molecular complexity index is 516. The lowest BCUT2D eigenvalue weighted by Crippen LogP contribution is -2.09. The molecule has 2 rings (SSSR count). The third-order valence-electron chi connectivity index (χ3n) is 3.43. The van der Waals surface area contributed by atoms with Crippen LogP contribution in [0.4, 0.5) is 5.69 Å². The van der Waals surface area contributed by atoms with Crippen LogP contribution in [-0.4, -0.2) is 28.3 Å². The molecule has 0 fully saturated rings. The molecule has 6 nitrogen and oxygen atoms in total. The van der Waals surface area contributed by atoms with E-state index in [9.17, 15) is 0 Å². The Kier molecular flexibility index (Phi) is 4.60. The second kappa shape index (κ2) is 5.81. The van der Waals surface area contributed by atoms with Gasteiger partial charge in [-0.25, -0.2) is 9.59 Å². The highest BCUT2D eigenvalue weighted by atomic mass is 16.5. The van der Waals surface area contributed by atoms with Gasteiger partial charge in [0, 0.05) is 17.7 Å². The molecule has 0 saturated carbocycles. The summed E-state index contributed by atoms with van der Waals surface area (Å²) in [6, 6.07) is 0. The first-order valence-electron chi connectivity index (χ1n) is 6.17. The van der Waals surface area contributed by atoms with Crippen LogP contribution in [0.3, 0.4) is 0 Å². The third kappa shape index (κ3) is 3.01. The van der Waals surface area contributed by atoms with Gasteiger partial charge in [-0.3, -0.25) is 0 Å². The lowest BCUT2D eigenvalue weighted by Gasteiger charge is -2.13. The molecular weight excluding hydrogens is 262 g/mol. The van der Waals surface area contributed by atoms with E-state index in [-0.39, 0.29) is 0 Å². The van der Waals surface area contributed by atoms with Crippen LogP contribution >= 0.6 is 0 Å². The summed E-state index contributed by atoms with van der Waals surface area (Å²) < 4.78 is 5.80. The summed E-state index contributed by atoms with van der Waals surface area (Å²) in [6.07, 6.45) is 1.29. The molecule has 1 heterocycles. The Morgan fingerprint density at radius 2 is 1.60 bits per heavy atom. The van der Waals surface area contributed by atoms with Crippen molar-refractivity contribution < 1.29 is 24.5 Å². The molecule has 6 heteroatoms. The number of fused-ring (bicyclic) bond motifs is 1. The number of carboxylic acid groups (broad SMARTS) is 2. The topological polar surface area (TPSA) is 110 Å². The van der Waals surface area contributed by atoms with Gasteiger partial charge in [-0.15, -0.1) is 0 Å². The van der Waals surface area contributed by atoms with Crippen molar-refractivity contribution in [2.75, 3.05) is 5.73 Å². The molecule has 1 atom stereocenters. The minimum Gasteiger partial charge on any atom is -0.490 e. The molecule has 20 heavy (non-hydrogen) atoms. The van der Waals surface area contributed by atoms with Gasteiger partial charge in [0.15, 0.2) is 0 Å². The number of ether oxygens (including phenoxy) is 1. The van der Waals surface area contributed by atoms with Gasteiger partial charge in [0.1, 0.15) is 11.9 Å². The third-order valence-corrected chi connectivity index (χ3v) is 3.43. The number of aliphatic carboxylic acids is 2. The van der Waals surface area contributed by atoms with Crippen LogP contribution in [0.25, 0.3) is 0 Å². The Morgan fingerprint density at radius 3 is 2.05 bits per heavy atom. The molecule has 1 aliphatic rings. The van der Waals surface area contributed by atoms with Crippen molar-refractivity contribution in [2.24, 2.45) is 0 Å². The van der Waals surface area contributed by atoms with E-state index < -0.39 is 11.9 Å². The van der Waals surface area contributed by atoms with E-state index in [1.165, 1.54) is 16.7 Å². The van der Waals surface area contributed by atoms with Crippen LogP contribution in [0.1, 0.15) is 29.2 Å². The number of nitrogen functional groups attached to an aromatic ring is 1.